The van der Waals surface area contributed by atoms with E-state index in [0.717, 1.165) is 52.0 Å². The topological polar surface area (TPSA) is 49.6 Å². The minimum atomic E-state index is 0.212. The second-order valence-electron chi connectivity index (χ2n) is 6.93. The highest BCUT2D eigenvalue weighted by Crippen LogP contribution is 2.18. The Morgan fingerprint density at radius 3 is 2.20 bits per heavy atom. The fourth-order valence-electron chi connectivity index (χ4n) is 2.90. The van der Waals surface area contributed by atoms with Gasteiger partial charge in [0.2, 0.25) is 5.91 Å². The van der Waals surface area contributed by atoms with Crippen molar-refractivity contribution >= 4 is 5.91 Å². The van der Waals surface area contributed by atoms with Gasteiger partial charge in [0.25, 0.3) is 0 Å². The number of hydrogen-bond acceptors (Lipinski definition) is 3. The summed E-state index contributed by atoms with van der Waals surface area (Å²) in [6.45, 7) is 13.4. The summed E-state index contributed by atoms with van der Waals surface area (Å²) < 4.78 is 0. The van der Waals surface area contributed by atoms with Crippen molar-refractivity contribution in [2.45, 2.75) is 58.9 Å². The largest absolute Gasteiger partial charge is 0.340 e. The molecule has 1 atom stereocenters. The number of piperazine rings is 1. The summed E-state index contributed by atoms with van der Waals surface area (Å²) in [6, 6.07) is 0. The van der Waals surface area contributed by atoms with E-state index in [4.69, 9.17) is 5.73 Å². The fraction of sp³-hybridized carbons (Fsp3) is 0.938. The lowest BCUT2D eigenvalue weighted by Crippen LogP contribution is -2.54. The van der Waals surface area contributed by atoms with Crippen molar-refractivity contribution in [3.8, 4) is 0 Å². The van der Waals surface area contributed by atoms with Crippen LogP contribution >= 0.6 is 0 Å². The van der Waals surface area contributed by atoms with Crippen molar-refractivity contribution in [2.24, 2.45) is 11.7 Å². The third-order valence-corrected chi connectivity index (χ3v) is 4.50. The molecule has 2 N–H and O–H groups in total. The van der Waals surface area contributed by atoms with Crippen LogP contribution in [0, 0.1) is 5.92 Å². The average Bonchev–Trinajstić information content (AvgIpc) is 2.42. The van der Waals surface area contributed by atoms with Crippen LogP contribution in [0.5, 0.6) is 0 Å². The van der Waals surface area contributed by atoms with Gasteiger partial charge < -0.3 is 10.6 Å². The molecule has 0 aromatic heterocycles. The summed E-state index contributed by atoms with van der Waals surface area (Å²) >= 11 is 0. The van der Waals surface area contributed by atoms with Gasteiger partial charge in [-0.05, 0) is 46.1 Å². The average molecular weight is 283 g/mol. The first kappa shape index (κ1) is 17.4. The molecule has 0 radical (unpaired) electrons. The van der Waals surface area contributed by atoms with Crippen molar-refractivity contribution in [1.29, 1.82) is 0 Å². The Hall–Kier alpha value is -0.610. The van der Waals surface area contributed by atoms with Gasteiger partial charge in [0.15, 0.2) is 0 Å². The SMILES string of the molecule is CCC(CCN)CCC(=O)N1CCN(C(C)(C)C)CC1. The number of carbonyl (C=O) groups is 1. The van der Waals surface area contributed by atoms with Crippen LogP contribution in [0.3, 0.4) is 0 Å². The number of nitrogens with two attached hydrogens (primary N) is 1. The zero-order valence-electron chi connectivity index (χ0n) is 13.8. The van der Waals surface area contributed by atoms with E-state index in [0.29, 0.717) is 18.2 Å². The van der Waals surface area contributed by atoms with Gasteiger partial charge in [0.05, 0.1) is 0 Å². The summed E-state index contributed by atoms with van der Waals surface area (Å²) in [7, 11) is 0. The summed E-state index contributed by atoms with van der Waals surface area (Å²) in [6.07, 6.45) is 3.85. The quantitative estimate of drug-likeness (QED) is 0.812. The first-order valence-corrected chi connectivity index (χ1v) is 8.11. The number of carbonyl (C=O) groups excluding carboxylic acids is 1. The molecule has 1 aliphatic rings. The number of amides is 1. The highest BCUT2D eigenvalue weighted by atomic mass is 16.2. The molecule has 0 aliphatic carbocycles. The Kier molecular flexibility index (Phi) is 6.96. The van der Waals surface area contributed by atoms with Gasteiger partial charge in [0, 0.05) is 38.1 Å². The molecule has 1 unspecified atom stereocenters. The molecular formula is C16H33N3O. The van der Waals surface area contributed by atoms with Crippen molar-refractivity contribution in [1.82, 2.24) is 9.80 Å². The lowest BCUT2D eigenvalue weighted by Gasteiger charge is -2.42. The Morgan fingerprint density at radius 2 is 1.75 bits per heavy atom. The summed E-state index contributed by atoms with van der Waals surface area (Å²) in [5.41, 5.74) is 5.82. The normalized spacial score (nSPS) is 19.1. The van der Waals surface area contributed by atoms with E-state index in [1.54, 1.807) is 0 Å². The van der Waals surface area contributed by atoms with Crippen LogP contribution in [-0.2, 0) is 4.79 Å². The van der Waals surface area contributed by atoms with Crippen molar-refractivity contribution in [3.63, 3.8) is 0 Å². The maximum atomic E-state index is 12.3. The number of rotatable bonds is 6. The predicted molar refractivity (Wildman–Crippen MR) is 84.6 cm³/mol. The molecule has 1 aliphatic heterocycles. The molecule has 4 heteroatoms. The third-order valence-electron chi connectivity index (χ3n) is 4.50. The smallest absolute Gasteiger partial charge is 0.222 e. The Balaban J connectivity index is 2.32. The van der Waals surface area contributed by atoms with Crippen molar-refractivity contribution in [2.75, 3.05) is 32.7 Å². The molecule has 0 bridgehead atoms. The van der Waals surface area contributed by atoms with Gasteiger partial charge in [-0.1, -0.05) is 13.3 Å². The van der Waals surface area contributed by atoms with Crippen molar-refractivity contribution in [3.05, 3.63) is 0 Å². The molecule has 1 amide bonds. The molecule has 0 saturated carbocycles. The molecule has 20 heavy (non-hydrogen) atoms. The first-order valence-electron chi connectivity index (χ1n) is 8.11. The fourth-order valence-corrected chi connectivity index (χ4v) is 2.90. The van der Waals surface area contributed by atoms with Gasteiger partial charge in [0.1, 0.15) is 0 Å². The summed E-state index contributed by atoms with van der Waals surface area (Å²) in [5.74, 6) is 0.939. The van der Waals surface area contributed by atoms with Crippen LogP contribution in [-0.4, -0.2) is 54.0 Å². The zero-order valence-corrected chi connectivity index (χ0v) is 13.8. The van der Waals surface area contributed by atoms with E-state index in [1.165, 1.54) is 0 Å². The number of hydrogen-bond donors (Lipinski definition) is 1. The third kappa shape index (κ3) is 5.41. The molecule has 1 saturated heterocycles. The molecule has 4 nitrogen and oxygen atoms in total. The monoisotopic (exact) mass is 283 g/mol. The molecule has 0 aromatic rings. The van der Waals surface area contributed by atoms with E-state index in [1.807, 2.05) is 4.90 Å². The van der Waals surface area contributed by atoms with E-state index >= 15 is 0 Å². The highest BCUT2D eigenvalue weighted by molar-refractivity contribution is 5.76. The molecule has 118 valence electrons. The van der Waals surface area contributed by atoms with Crippen LogP contribution in [0.1, 0.15) is 53.4 Å². The Bertz CT molecular complexity index is 291. The zero-order chi connectivity index (χ0) is 15.2. The Morgan fingerprint density at radius 1 is 1.15 bits per heavy atom. The molecule has 1 rings (SSSR count). The van der Waals surface area contributed by atoms with E-state index in [-0.39, 0.29) is 5.54 Å². The molecule has 1 fully saturated rings. The molecular weight excluding hydrogens is 250 g/mol. The van der Waals surface area contributed by atoms with Crippen LogP contribution in [0.2, 0.25) is 0 Å². The maximum absolute atomic E-state index is 12.3. The van der Waals surface area contributed by atoms with Crippen LogP contribution in [0.15, 0.2) is 0 Å². The first-order chi connectivity index (χ1) is 9.38. The standard InChI is InChI=1S/C16H33N3O/c1-5-14(8-9-17)6-7-15(20)18-10-12-19(13-11-18)16(2,3)4/h14H,5-13,17H2,1-4H3. The van der Waals surface area contributed by atoms with Crippen LogP contribution < -0.4 is 5.73 Å². The lowest BCUT2D eigenvalue weighted by atomic mass is 9.96. The van der Waals surface area contributed by atoms with E-state index < -0.39 is 0 Å². The van der Waals surface area contributed by atoms with Gasteiger partial charge in [-0.2, -0.15) is 0 Å². The molecule has 1 heterocycles. The highest BCUT2D eigenvalue weighted by Gasteiger charge is 2.27. The van der Waals surface area contributed by atoms with E-state index in [2.05, 4.69) is 32.6 Å². The second kappa shape index (κ2) is 7.99. The summed E-state index contributed by atoms with van der Waals surface area (Å²) in [4.78, 5) is 16.8. The second-order valence-corrected chi connectivity index (χ2v) is 6.93. The van der Waals surface area contributed by atoms with Gasteiger partial charge >= 0.3 is 0 Å². The van der Waals surface area contributed by atoms with Crippen molar-refractivity contribution < 1.29 is 4.79 Å². The van der Waals surface area contributed by atoms with Crippen LogP contribution in [0.4, 0.5) is 0 Å². The minimum Gasteiger partial charge on any atom is -0.340 e. The van der Waals surface area contributed by atoms with E-state index in [9.17, 15) is 4.79 Å². The molecule has 0 spiro atoms. The number of nitrogens with zero attached hydrogens (tertiary/aromatic N) is 2. The Labute approximate surface area is 124 Å². The van der Waals surface area contributed by atoms with Crippen LogP contribution in [0.25, 0.3) is 0 Å². The molecule has 0 aromatic carbocycles. The minimum absolute atomic E-state index is 0.212. The van der Waals surface area contributed by atoms with Gasteiger partial charge in [-0.15, -0.1) is 0 Å². The van der Waals surface area contributed by atoms with Gasteiger partial charge in [-0.25, -0.2) is 0 Å². The predicted octanol–water partition coefficient (Wildman–Crippen LogP) is 2.08. The summed E-state index contributed by atoms with van der Waals surface area (Å²) in [5, 5.41) is 0. The maximum Gasteiger partial charge on any atom is 0.222 e. The lowest BCUT2D eigenvalue weighted by molar-refractivity contribution is -0.134. The van der Waals surface area contributed by atoms with Gasteiger partial charge in [-0.3, -0.25) is 9.69 Å².